The molecular formula is C14H17NO2. The number of nitrogens with zero attached hydrogens (tertiary/aromatic N) is 1. The molecule has 3 saturated heterocycles. The summed E-state index contributed by atoms with van der Waals surface area (Å²) in [4.78, 5) is 13.8. The molecule has 1 N–H and O–H groups in total. The van der Waals surface area contributed by atoms with Crippen molar-refractivity contribution in [2.75, 3.05) is 19.6 Å². The summed E-state index contributed by atoms with van der Waals surface area (Å²) in [5.41, 5.74) is 1.69. The molecular weight excluding hydrogens is 214 g/mol. The number of carboxylic acid groups (broad SMARTS) is 1. The average Bonchev–Trinajstić information content (AvgIpc) is 2.41. The van der Waals surface area contributed by atoms with Gasteiger partial charge in [0, 0.05) is 0 Å². The van der Waals surface area contributed by atoms with E-state index in [-0.39, 0.29) is 5.41 Å². The predicted molar refractivity (Wildman–Crippen MR) is 65.4 cm³/mol. The van der Waals surface area contributed by atoms with Gasteiger partial charge in [0.05, 0.1) is 5.56 Å². The molecule has 90 valence electrons. The van der Waals surface area contributed by atoms with Gasteiger partial charge in [-0.15, -0.1) is 0 Å². The lowest BCUT2D eigenvalue weighted by atomic mass is 9.66. The van der Waals surface area contributed by atoms with E-state index in [1.54, 1.807) is 6.07 Å². The van der Waals surface area contributed by atoms with Crippen LogP contribution in [0.4, 0.5) is 0 Å². The van der Waals surface area contributed by atoms with Crippen LogP contribution in [0.25, 0.3) is 0 Å². The fourth-order valence-electron chi connectivity index (χ4n) is 3.36. The van der Waals surface area contributed by atoms with Crippen molar-refractivity contribution in [1.29, 1.82) is 0 Å². The first-order valence-corrected chi connectivity index (χ1v) is 6.26. The van der Waals surface area contributed by atoms with Gasteiger partial charge in [0.1, 0.15) is 0 Å². The number of carbonyl (C=O) groups is 1. The topological polar surface area (TPSA) is 40.5 Å². The molecule has 3 heterocycles. The quantitative estimate of drug-likeness (QED) is 0.847. The van der Waals surface area contributed by atoms with E-state index < -0.39 is 5.97 Å². The van der Waals surface area contributed by atoms with Crippen LogP contribution in [-0.4, -0.2) is 35.6 Å². The fourth-order valence-corrected chi connectivity index (χ4v) is 3.36. The van der Waals surface area contributed by atoms with Gasteiger partial charge in [-0.25, -0.2) is 4.79 Å². The fraction of sp³-hybridized carbons (Fsp3) is 0.500. The van der Waals surface area contributed by atoms with E-state index in [0.29, 0.717) is 5.56 Å². The maximum absolute atomic E-state index is 11.3. The van der Waals surface area contributed by atoms with Crippen molar-refractivity contribution >= 4 is 5.97 Å². The standard InChI is InChI=1S/C14H17NO2/c16-13(17)11-3-1-2-4-12(11)14-5-8-15(9-6-14)10-7-14/h1-4H,5-10H2,(H,16,17). The van der Waals surface area contributed by atoms with Crippen molar-refractivity contribution in [3.05, 3.63) is 35.4 Å². The van der Waals surface area contributed by atoms with E-state index in [1.807, 2.05) is 18.2 Å². The van der Waals surface area contributed by atoms with E-state index in [4.69, 9.17) is 0 Å². The molecule has 3 aliphatic heterocycles. The molecule has 0 amide bonds. The summed E-state index contributed by atoms with van der Waals surface area (Å²) < 4.78 is 0. The zero-order valence-electron chi connectivity index (χ0n) is 9.85. The van der Waals surface area contributed by atoms with Gasteiger partial charge in [0.15, 0.2) is 0 Å². The largest absolute Gasteiger partial charge is 0.478 e. The molecule has 3 fully saturated rings. The molecule has 3 nitrogen and oxygen atoms in total. The smallest absolute Gasteiger partial charge is 0.335 e. The molecule has 1 aromatic carbocycles. The second kappa shape index (κ2) is 3.84. The van der Waals surface area contributed by atoms with Crippen LogP contribution in [0.15, 0.2) is 24.3 Å². The molecule has 0 saturated carbocycles. The molecule has 0 aromatic heterocycles. The van der Waals surface area contributed by atoms with Crippen LogP contribution in [0.3, 0.4) is 0 Å². The monoisotopic (exact) mass is 231 g/mol. The van der Waals surface area contributed by atoms with Gasteiger partial charge in [0.2, 0.25) is 0 Å². The van der Waals surface area contributed by atoms with Gasteiger partial charge in [0.25, 0.3) is 0 Å². The number of aromatic carboxylic acids is 1. The molecule has 0 spiro atoms. The molecule has 1 aromatic rings. The summed E-state index contributed by atoms with van der Waals surface area (Å²) in [7, 11) is 0. The van der Waals surface area contributed by atoms with Crippen LogP contribution in [-0.2, 0) is 5.41 Å². The minimum Gasteiger partial charge on any atom is -0.478 e. The predicted octanol–water partition coefficient (Wildman–Crippen LogP) is 2.12. The van der Waals surface area contributed by atoms with Crippen LogP contribution in [0.5, 0.6) is 0 Å². The van der Waals surface area contributed by atoms with Gasteiger partial charge in [-0.1, -0.05) is 18.2 Å². The lowest BCUT2D eigenvalue weighted by Gasteiger charge is -2.49. The van der Waals surface area contributed by atoms with Crippen molar-refractivity contribution in [2.24, 2.45) is 0 Å². The normalized spacial score (nSPS) is 31.4. The first kappa shape index (κ1) is 10.8. The molecule has 0 radical (unpaired) electrons. The van der Waals surface area contributed by atoms with Gasteiger partial charge in [-0.05, 0) is 55.9 Å². The van der Waals surface area contributed by atoms with Gasteiger partial charge < -0.3 is 10.0 Å². The van der Waals surface area contributed by atoms with Crippen molar-refractivity contribution in [2.45, 2.75) is 24.7 Å². The number of fused-ring (bicyclic) bond motifs is 3. The number of benzene rings is 1. The Morgan fingerprint density at radius 3 is 2.29 bits per heavy atom. The molecule has 0 unspecified atom stereocenters. The first-order chi connectivity index (χ1) is 8.21. The average molecular weight is 231 g/mol. The van der Waals surface area contributed by atoms with Crippen molar-refractivity contribution < 1.29 is 9.90 Å². The first-order valence-electron chi connectivity index (χ1n) is 6.26. The number of hydrogen-bond donors (Lipinski definition) is 1. The molecule has 4 rings (SSSR count). The lowest BCUT2D eigenvalue weighted by Crippen LogP contribution is -2.51. The highest BCUT2D eigenvalue weighted by molar-refractivity contribution is 5.89. The lowest BCUT2D eigenvalue weighted by molar-refractivity contribution is 0.0663. The van der Waals surface area contributed by atoms with Crippen LogP contribution < -0.4 is 0 Å². The number of rotatable bonds is 2. The Balaban J connectivity index is 2.05. The van der Waals surface area contributed by atoms with Crippen molar-refractivity contribution in [3.8, 4) is 0 Å². The third-order valence-corrected chi connectivity index (χ3v) is 4.45. The Hall–Kier alpha value is -1.35. The van der Waals surface area contributed by atoms with Crippen LogP contribution in [0, 0.1) is 0 Å². The molecule has 17 heavy (non-hydrogen) atoms. The summed E-state index contributed by atoms with van der Waals surface area (Å²) in [6.45, 7) is 3.36. The highest BCUT2D eigenvalue weighted by Gasteiger charge is 2.42. The zero-order valence-corrected chi connectivity index (χ0v) is 9.85. The minimum absolute atomic E-state index is 0.129. The molecule has 0 aliphatic carbocycles. The number of carboxylic acids is 1. The summed E-state index contributed by atoms with van der Waals surface area (Å²) >= 11 is 0. The summed E-state index contributed by atoms with van der Waals surface area (Å²) in [5.74, 6) is -0.789. The van der Waals surface area contributed by atoms with E-state index in [2.05, 4.69) is 4.90 Å². The Labute approximate surface area is 101 Å². The molecule has 3 aliphatic rings. The maximum Gasteiger partial charge on any atom is 0.335 e. The van der Waals surface area contributed by atoms with E-state index in [9.17, 15) is 9.90 Å². The van der Waals surface area contributed by atoms with Gasteiger partial charge in [-0.2, -0.15) is 0 Å². The van der Waals surface area contributed by atoms with Gasteiger partial charge >= 0.3 is 5.97 Å². The Morgan fingerprint density at radius 1 is 1.12 bits per heavy atom. The minimum atomic E-state index is -0.789. The van der Waals surface area contributed by atoms with E-state index >= 15 is 0 Å². The number of hydrogen-bond acceptors (Lipinski definition) is 2. The van der Waals surface area contributed by atoms with Crippen LogP contribution >= 0.6 is 0 Å². The molecule has 0 atom stereocenters. The van der Waals surface area contributed by atoms with E-state index in [1.165, 1.54) is 0 Å². The molecule has 2 bridgehead atoms. The number of piperidine rings is 3. The van der Waals surface area contributed by atoms with Crippen molar-refractivity contribution in [3.63, 3.8) is 0 Å². The molecule has 3 heteroatoms. The Bertz CT molecular complexity index is 434. The Morgan fingerprint density at radius 2 is 1.71 bits per heavy atom. The second-order valence-electron chi connectivity index (χ2n) is 5.22. The highest BCUT2D eigenvalue weighted by Crippen LogP contribution is 2.43. The van der Waals surface area contributed by atoms with Crippen LogP contribution in [0.2, 0.25) is 0 Å². The zero-order chi connectivity index (χ0) is 11.9. The summed E-state index contributed by atoms with van der Waals surface area (Å²) in [5, 5.41) is 9.31. The maximum atomic E-state index is 11.3. The Kier molecular flexibility index (Phi) is 2.44. The van der Waals surface area contributed by atoms with E-state index in [0.717, 1.165) is 44.5 Å². The third-order valence-electron chi connectivity index (χ3n) is 4.45. The summed E-state index contributed by atoms with van der Waals surface area (Å²) in [6, 6.07) is 7.55. The van der Waals surface area contributed by atoms with Gasteiger partial charge in [-0.3, -0.25) is 0 Å². The SMILES string of the molecule is O=C(O)c1ccccc1C12CCN(CC1)CC2. The second-order valence-corrected chi connectivity index (χ2v) is 5.22. The summed E-state index contributed by atoms with van der Waals surface area (Å²) in [6.07, 6.45) is 3.33. The van der Waals surface area contributed by atoms with Crippen molar-refractivity contribution in [1.82, 2.24) is 4.90 Å². The third kappa shape index (κ3) is 1.65. The highest BCUT2D eigenvalue weighted by atomic mass is 16.4. The van der Waals surface area contributed by atoms with Crippen LogP contribution in [0.1, 0.15) is 35.2 Å².